The molecule has 0 bridgehead atoms. The minimum absolute atomic E-state index is 0.206. The predicted octanol–water partition coefficient (Wildman–Crippen LogP) is 3.40. The lowest BCUT2D eigenvalue weighted by atomic mass is 9.92. The van der Waals surface area contributed by atoms with Crippen molar-refractivity contribution in [1.82, 2.24) is 5.32 Å². The van der Waals surface area contributed by atoms with E-state index in [1.807, 2.05) is 45.0 Å². The van der Waals surface area contributed by atoms with Crippen LogP contribution in [0.3, 0.4) is 0 Å². The Labute approximate surface area is 109 Å². The Morgan fingerprint density at radius 2 is 1.76 bits per heavy atom. The smallest absolute Gasteiger partial charge is 0.0766 e. The topological polar surface area (TPSA) is 32.3 Å². The van der Waals surface area contributed by atoms with E-state index in [0.29, 0.717) is 6.54 Å². The lowest BCUT2D eigenvalue weighted by molar-refractivity contribution is 0.0122. The van der Waals surface area contributed by atoms with Crippen molar-refractivity contribution in [3.8, 4) is 0 Å². The highest BCUT2D eigenvalue weighted by atomic mass is 35.5. The van der Waals surface area contributed by atoms with Crippen molar-refractivity contribution in [2.24, 2.45) is 5.92 Å². The first-order chi connectivity index (χ1) is 7.83. The molecule has 1 aromatic rings. The van der Waals surface area contributed by atoms with Crippen molar-refractivity contribution >= 4 is 11.6 Å². The second-order valence-corrected chi connectivity index (χ2v) is 5.60. The van der Waals surface area contributed by atoms with Gasteiger partial charge in [0.05, 0.1) is 5.60 Å². The molecular weight excluding hydrogens is 234 g/mol. The molecule has 0 aromatic heterocycles. The number of halogens is 1. The summed E-state index contributed by atoms with van der Waals surface area (Å²) in [5.74, 6) is 0.229. The Morgan fingerprint density at radius 1 is 1.24 bits per heavy atom. The SMILES string of the molecule is CC(NCC(C)(O)C(C)C)c1ccc(Cl)cc1. The van der Waals surface area contributed by atoms with E-state index >= 15 is 0 Å². The van der Waals surface area contributed by atoms with Crippen LogP contribution in [0.2, 0.25) is 5.02 Å². The van der Waals surface area contributed by atoms with Crippen LogP contribution in [0.1, 0.15) is 39.3 Å². The van der Waals surface area contributed by atoms with Gasteiger partial charge in [0.15, 0.2) is 0 Å². The summed E-state index contributed by atoms with van der Waals surface area (Å²) in [4.78, 5) is 0. The number of nitrogens with one attached hydrogen (secondary N) is 1. The average Bonchev–Trinajstić information content (AvgIpc) is 2.27. The first-order valence-electron chi connectivity index (χ1n) is 6.04. The third kappa shape index (κ3) is 4.30. The summed E-state index contributed by atoms with van der Waals surface area (Å²) < 4.78 is 0. The summed E-state index contributed by atoms with van der Waals surface area (Å²) >= 11 is 5.85. The lowest BCUT2D eigenvalue weighted by Crippen LogP contribution is -2.42. The van der Waals surface area contributed by atoms with Gasteiger partial charge in [-0.3, -0.25) is 0 Å². The third-order valence-corrected chi connectivity index (χ3v) is 3.63. The van der Waals surface area contributed by atoms with Crippen molar-refractivity contribution in [1.29, 1.82) is 0 Å². The molecule has 3 heteroatoms. The number of hydrogen-bond donors (Lipinski definition) is 2. The summed E-state index contributed by atoms with van der Waals surface area (Å²) in [6.45, 7) is 8.57. The van der Waals surface area contributed by atoms with Crippen LogP contribution in [-0.4, -0.2) is 17.3 Å². The van der Waals surface area contributed by atoms with Gasteiger partial charge in [0.2, 0.25) is 0 Å². The molecule has 0 aliphatic heterocycles. The van der Waals surface area contributed by atoms with Crippen molar-refractivity contribution in [2.45, 2.75) is 39.3 Å². The first-order valence-corrected chi connectivity index (χ1v) is 6.42. The zero-order valence-corrected chi connectivity index (χ0v) is 11.8. The number of benzene rings is 1. The van der Waals surface area contributed by atoms with Gasteiger partial charge in [-0.25, -0.2) is 0 Å². The molecule has 0 aliphatic rings. The molecule has 2 unspecified atom stereocenters. The van der Waals surface area contributed by atoms with Crippen LogP contribution in [0.4, 0.5) is 0 Å². The van der Waals surface area contributed by atoms with Crippen LogP contribution in [0, 0.1) is 5.92 Å². The molecule has 0 saturated carbocycles. The molecule has 0 heterocycles. The van der Waals surface area contributed by atoms with E-state index in [1.165, 1.54) is 5.56 Å². The van der Waals surface area contributed by atoms with Gasteiger partial charge in [-0.05, 0) is 37.5 Å². The van der Waals surface area contributed by atoms with Gasteiger partial charge < -0.3 is 10.4 Å². The fraction of sp³-hybridized carbons (Fsp3) is 0.571. The Bertz CT molecular complexity index is 346. The van der Waals surface area contributed by atoms with E-state index in [9.17, 15) is 5.11 Å². The zero-order chi connectivity index (χ0) is 13.1. The van der Waals surface area contributed by atoms with Crippen LogP contribution in [0.5, 0.6) is 0 Å². The highest BCUT2D eigenvalue weighted by Gasteiger charge is 2.25. The van der Waals surface area contributed by atoms with E-state index in [1.54, 1.807) is 0 Å². The maximum Gasteiger partial charge on any atom is 0.0766 e. The summed E-state index contributed by atoms with van der Waals surface area (Å²) in [6.07, 6.45) is 0. The van der Waals surface area contributed by atoms with Gasteiger partial charge in [0.25, 0.3) is 0 Å². The molecule has 2 atom stereocenters. The molecule has 0 saturated heterocycles. The Balaban J connectivity index is 2.55. The molecule has 0 aliphatic carbocycles. The van der Waals surface area contributed by atoms with Gasteiger partial charge in [-0.15, -0.1) is 0 Å². The molecule has 96 valence electrons. The molecule has 1 rings (SSSR count). The van der Waals surface area contributed by atoms with Crippen LogP contribution in [0.15, 0.2) is 24.3 Å². The molecule has 0 amide bonds. The van der Waals surface area contributed by atoms with E-state index in [4.69, 9.17) is 11.6 Å². The number of aliphatic hydroxyl groups is 1. The molecule has 2 N–H and O–H groups in total. The summed E-state index contributed by atoms with van der Waals surface area (Å²) in [5, 5.41) is 14.2. The highest BCUT2D eigenvalue weighted by molar-refractivity contribution is 6.30. The molecule has 0 fully saturated rings. The van der Waals surface area contributed by atoms with Crippen molar-refractivity contribution < 1.29 is 5.11 Å². The van der Waals surface area contributed by atoms with Crippen molar-refractivity contribution in [3.05, 3.63) is 34.9 Å². The maximum absolute atomic E-state index is 10.1. The standard InChI is InChI=1S/C14H22ClNO/c1-10(2)14(4,17)9-16-11(3)12-5-7-13(15)8-6-12/h5-8,10-11,16-17H,9H2,1-4H3. The summed E-state index contributed by atoms with van der Waals surface area (Å²) in [6, 6.07) is 7.98. The molecule has 0 spiro atoms. The quantitative estimate of drug-likeness (QED) is 0.845. The Kier molecular flexibility index (Phi) is 4.99. The molecule has 17 heavy (non-hydrogen) atoms. The summed E-state index contributed by atoms with van der Waals surface area (Å²) in [5.41, 5.74) is 0.495. The lowest BCUT2D eigenvalue weighted by Gasteiger charge is -2.29. The highest BCUT2D eigenvalue weighted by Crippen LogP contribution is 2.19. The molecule has 0 radical (unpaired) electrons. The predicted molar refractivity (Wildman–Crippen MR) is 73.3 cm³/mol. The number of hydrogen-bond acceptors (Lipinski definition) is 2. The van der Waals surface area contributed by atoms with Crippen molar-refractivity contribution in [3.63, 3.8) is 0 Å². The van der Waals surface area contributed by atoms with Gasteiger partial charge in [-0.2, -0.15) is 0 Å². The van der Waals surface area contributed by atoms with E-state index in [-0.39, 0.29) is 12.0 Å². The normalized spacial score (nSPS) is 16.9. The minimum Gasteiger partial charge on any atom is -0.389 e. The summed E-state index contributed by atoms with van der Waals surface area (Å²) in [7, 11) is 0. The Hall–Kier alpha value is -0.570. The van der Waals surface area contributed by atoms with E-state index < -0.39 is 5.60 Å². The largest absolute Gasteiger partial charge is 0.389 e. The second kappa shape index (κ2) is 5.85. The van der Waals surface area contributed by atoms with Gasteiger partial charge in [0.1, 0.15) is 0 Å². The molecule has 1 aromatic carbocycles. The number of rotatable bonds is 5. The van der Waals surface area contributed by atoms with Crippen molar-refractivity contribution in [2.75, 3.05) is 6.54 Å². The first kappa shape index (κ1) is 14.5. The fourth-order valence-corrected chi connectivity index (χ4v) is 1.56. The Morgan fingerprint density at radius 3 is 2.24 bits per heavy atom. The fourth-order valence-electron chi connectivity index (χ4n) is 1.43. The monoisotopic (exact) mass is 255 g/mol. The van der Waals surface area contributed by atoms with Gasteiger partial charge in [-0.1, -0.05) is 37.6 Å². The zero-order valence-electron chi connectivity index (χ0n) is 11.0. The van der Waals surface area contributed by atoms with Gasteiger partial charge >= 0.3 is 0 Å². The molecular formula is C14H22ClNO. The van der Waals surface area contributed by atoms with Crippen LogP contribution >= 0.6 is 11.6 Å². The molecule has 2 nitrogen and oxygen atoms in total. The van der Waals surface area contributed by atoms with Crippen LogP contribution in [0.25, 0.3) is 0 Å². The van der Waals surface area contributed by atoms with Crippen LogP contribution in [-0.2, 0) is 0 Å². The van der Waals surface area contributed by atoms with Crippen LogP contribution < -0.4 is 5.32 Å². The average molecular weight is 256 g/mol. The van der Waals surface area contributed by atoms with E-state index in [0.717, 1.165) is 5.02 Å². The minimum atomic E-state index is -0.680. The second-order valence-electron chi connectivity index (χ2n) is 5.17. The van der Waals surface area contributed by atoms with E-state index in [2.05, 4.69) is 12.2 Å². The maximum atomic E-state index is 10.1. The van der Waals surface area contributed by atoms with Gasteiger partial charge in [0, 0.05) is 17.6 Å². The third-order valence-electron chi connectivity index (χ3n) is 3.38.